The summed E-state index contributed by atoms with van der Waals surface area (Å²) in [6.07, 6.45) is 4.05. The number of nitrogens with one attached hydrogen (secondary N) is 1. The first kappa shape index (κ1) is 25.8. The van der Waals surface area contributed by atoms with Gasteiger partial charge in [0.2, 0.25) is 0 Å². The SMILES string of the molecule is C=CCc1cc(/C=C2/SC(=Nc3ccc(F)cc3)NC2=O)cc(OC)c1OCc1ccc(Cl)c(Cl)c1. The molecule has 9 heteroatoms. The number of amidine groups is 1. The fourth-order valence-electron chi connectivity index (χ4n) is 3.44. The first-order valence-electron chi connectivity index (χ1n) is 10.8. The number of carbonyl (C=O) groups is 1. The molecule has 36 heavy (non-hydrogen) atoms. The second kappa shape index (κ2) is 11.6. The van der Waals surface area contributed by atoms with Crippen LogP contribution in [0.2, 0.25) is 10.0 Å². The van der Waals surface area contributed by atoms with E-state index in [4.69, 9.17) is 32.7 Å². The average molecular weight is 543 g/mol. The number of ether oxygens (including phenoxy) is 2. The molecule has 1 aliphatic heterocycles. The Morgan fingerprint density at radius 2 is 1.89 bits per heavy atom. The fourth-order valence-corrected chi connectivity index (χ4v) is 4.60. The van der Waals surface area contributed by atoms with Crippen molar-refractivity contribution < 1.29 is 18.7 Å². The Bertz CT molecular complexity index is 1370. The first-order chi connectivity index (χ1) is 17.4. The molecule has 0 bridgehead atoms. The Kier molecular flexibility index (Phi) is 8.36. The van der Waals surface area contributed by atoms with Gasteiger partial charge in [-0.1, -0.05) is 35.3 Å². The third kappa shape index (κ3) is 6.29. The molecule has 0 atom stereocenters. The van der Waals surface area contributed by atoms with Crippen molar-refractivity contribution in [3.63, 3.8) is 0 Å². The molecule has 0 unspecified atom stereocenters. The molecule has 1 N–H and O–H groups in total. The van der Waals surface area contributed by atoms with E-state index in [9.17, 15) is 9.18 Å². The van der Waals surface area contributed by atoms with E-state index in [1.54, 1.807) is 49.6 Å². The van der Waals surface area contributed by atoms with E-state index in [1.807, 2.05) is 12.1 Å². The summed E-state index contributed by atoms with van der Waals surface area (Å²) in [6, 6.07) is 14.7. The second-order valence-corrected chi connectivity index (χ2v) is 9.54. The molecule has 184 valence electrons. The van der Waals surface area contributed by atoms with Gasteiger partial charge in [0.05, 0.1) is 27.7 Å². The van der Waals surface area contributed by atoms with Crippen molar-refractivity contribution >= 4 is 57.8 Å². The minimum absolute atomic E-state index is 0.263. The molecule has 0 aromatic heterocycles. The van der Waals surface area contributed by atoms with Crippen LogP contribution in [0.5, 0.6) is 11.5 Å². The van der Waals surface area contributed by atoms with E-state index < -0.39 is 0 Å². The number of benzene rings is 3. The fraction of sp³-hybridized carbons (Fsp3) is 0.111. The van der Waals surface area contributed by atoms with Gasteiger partial charge in [0.25, 0.3) is 5.91 Å². The van der Waals surface area contributed by atoms with Gasteiger partial charge in [0.15, 0.2) is 16.7 Å². The van der Waals surface area contributed by atoms with Gasteiger partial charge in [-0.15, -0.1) is 6.58 Å². The molecule has 1 amide bonds. The maximum absolute atomic E-state index is 13.1. The molecular formula is C27H21Cl2FN2O3S. The van der Waals surface area contributed by atoms with Gasteiger partial charge in [-0.05, 0) is 83.9 Å². The molecule has 0 aliphatic carbocycles. The van der Waals surface area contributed by atoms with Gasteiger partial charge in [-0.2, -0.15) is 0 Å². The predicted molar refractivity (Wildman–Crippen MR) is 145 cm³/mol. The van der Waals surface area contributed by atoms with Crippen molar-refractivity contribution in [3.05, 3.63) is 105 Å². The lowest BCUT2D eigenvalue weighted by atomic mass is 10.0. The highest BCUT2D eigenvalue weighted by Gasteiger charge is 2.24. The largest absolute Gasteiger partial charge is 0.493 e. The zero-order valence-corrected chi connectivity index (χ0v) is 21.5. The number of rotatable bonds is 8. The highest BCUT2D eigenvalue weighted by molar-refractivity contribution is 8.18. The van der Waals surface area contributed by atoms with Gasteiger partial charge in [-0.3, -0.25) is 4.79 Å². The zero-order chi connectivity index (χ0) is 25.7. The van der Waals surface area contributed by atoms with Crippen LogP contribution in [0.4, 0.5) is 10.1 Å². The molecule has 1 aliphatic rings. The smallest absolute Gasteiger partial charge is 0.264 e. The van der Waals surface area contributed by atoms with Crippen molar-refractivity contribution in [2.24, 2.45) is 4.99 Å². The van der Waals surface area contributed by atoms with E-state index in [2.05, 4.69) is 16.9 Å². The number of methoxy groups -OCH3 is 1. The van der Waals surface area contributed by atoms with Crippen molar-refractivity contribution in [2.75, 3.05) is 7.11 Å². The van der Waals surface area contributed by atoms with Crippen LogP contribution in [0.1, 0.15) is 16.7 Å². The van der Waals surface area contributed by atoms with E-state index >= 15 is 0 Å². The number of hydrogen-bond donors (Lipinski definition) is 1. The number of aliphatic imine (C=N–C) groups is 1. The van der Waals surface area contributed by atoms with Crippen molar-refractivity contribution in [1.29, 1.82) is 0 Å². The Labute approximate surface area is 222 Å². The van der Waals surface area contributed by atoms with E-state index in [1.165, 1.54) is 23.9 Å². The summed E-state index contributed by atoms with van der Waals surface area (Å²) in [6.45, 7) is 4.10. The molecule has 1 fully saturated rings. The molecule has 1 saturated heterocycles. The molecule has 3 aromatic rings. The summed E-state index contributed by atoms with van der Waals surface area (Å²) in [7, 11) is 1.56. The molecule has 5 nitrogen and oxygen atoms in total. The number of thioether (sulfide) groups is 1. The van der Waals surface area contributed by atoms with Crippen LogP contribution in [0.3, 0.4) is 0 Å². The number of hydrogen-bond acceptors (Lipinski definition) is 5. The van der Waals surface area contributed by atoms with Gasteiger partial charge in [0, 0.05) is 5.56 Å². The van der Waals surface area contributed by atoms with Gasteiger partial charge in [-0.25, -0.2) is 9.38 Å². The Morgan fingerprint density at radius 3 is 2.58 bits per heavy atom. The zero-order valence-electron chi connectivity index (χ0n) is 19.2. The van der Waals surface area contributed by atoms with Crippen molar-refractivity contribution in [2.45, 2.75) is 13.0 Å². The van der Waals surface area contributed by atoms with Crippen molar-refractivity contribution in [1.82, 2.24) is 5.32 Å². The summed E-state index contributed by atoms with van der Waals surface area (Å²) >= 11 is 13.3. The molecule has 4 rings (SSSR count). The summed E-state index contributed by atoms with van der Waals surface area (Å²) in [5, 5.41) is 4.07. The van der Waals surface area contributed by atoms with Crippen LogP contribution >= 0.6 is 35.0 Å². The average Bonchev–Trinajstić information content (AvgIpc) is 3.20. The summed E-state index contributed by atoms with van der Waals surface area (Å²) in [4.78, 5) is 17.4. The summed E-state index contributed by atoms with van der Waals surface area (Å²) in [5.41, 5.74) is 3.00. The predicted octanol–water partition coefficient (Wildman–Crippen LogP) is 7.34. The minimum Gasteiger partial charge on any atom is -0.493 e. The molecular weight excluding hydrogens is 522 g/mol. The lowest BCUT2D eigenvalue weighted by molar-refractivity contribution is -0.115. The van der Waals surface area contributed by atoms with Gasteiger partial charge < -0.3 is 14.8 Å². The van der Waals surface area contributed by atoms with Crippen LogP contribution in [0, 0.1) is 5.82 Å². The third-order valence-corrected chi connectivity index (χ3v) is 6.76. The van der Waals surface area contributed by atoms with Crippen LogP contribution in [-0.2, 0) is 17.8 Å². The number of nitrogens with zero attached hydrogens (tertiary/aromatic N) is 1. The van der Waals surface area contributed by atoms with Gasteiger partial charge >= 0.3 is 0 Å². The summed E-state index contributed by atoms with van der Waals surface area (Å²) in [5.74, 6) is 0.471. The highest BCUT2D eigenvalue weighted by Crippen LogP contribution is 2.37. The van der Waals surface area contributed by atoms with Gasteiger partial charge in [0.1, 0.15) is 12.4 Å². The van der Waals surface area contributed by atoms with E-state index in [-0.39, 0.29) is 18.3 Å². The maximum atomic E-state index is 13.1. The van der Waals surface area contributed by atoms with Crippen LogP contribution < -0.4 is 14.8 Å². The van der Waals surface area contributed by atoms with E-state index in [0.717, 1.165) is 16.7 Å². The van der Waals surface area contributed by atoms with Crippen LogP contribution in [0.15, 0.2) is 77.1 Å². The second-order valence-electron chi connectivity index (χ2n) is 7.70. The highest BCUT2D eigenvalue weighted by atomic mass is 35.5. The summed E-state index contributed by atoms with van der Waals surface area (Å²) < 4.78 is 24.9. The topological polar surface area (TPSA) is 59.9 Å². The quantitative estimate of drug-likeness (QED) is 0.239. The maximum Gasteiger partial charge on any atom is 0.264 e. The number of carbonyl (C=O) groups excluding carboxylic acids is 1. The van der Waals surface area contributed by atoms with E-state index in [0.29, 0.717) is 43.7 Å². The molecule has 3 aromatic carbocycles. The monoisotopic (exact) mass is 542 g/mol. The van der Waals surface area contributed by atoms with Crippen LogP contribution in [0.25, 0.3) is 6.08 Å². The van der Waals surface area contributed by atoms with Crippen molar-refractivity contribution in [3.8, 4) is 11.5 Å². The molecule has 0 saturated carbocycles. The number of allylic oxidation sites excluding steroid dienone is 1. The first-order valence-corrected chi connectivity index (χ1v) is 12.4. The lowest BCUT2D eigenvalue weighted by Gasteiger charge is -2.16. The molecule has 0 spiro atoms. The molecule has 1 heterocycles. The number of halogens is 3. The van der Waals surface area contributed by atoms with Crippen LogP contribution in [-0.4, -0.2) is 18.2 Å². The third-order valence-electron chi connectivity index (χ3n) is 5.11. The Morgan fingerprint density at radius 1 is 1.11 bits per heavy atom. The Hall–Kier alpha value is -3.26. The normalized spacial score (nSPS) is 15.3. The number of amides is 1. The lowest BCUT2D eigenvalue weighted by Crippen LogP contribution is -2.19. The molecule has 0 radical (unpaired) electrons. The standard InChI is InChI=1S/C27H21Cl2FN2O3S/c1-3-4-18-11-17(13-23(34-2)25(18)35-15-16-5-10-21(28)22(29)12-16)14-24-26(33)32-27(36-24)31-20-8-6-19(30)7-9-20/h3,5-14H,1,4,15H2,2H3,(H,31,32,33)/b24-14+. The minimum atomic E-state index is -0.351. The Balaban J connectivity index is 1.59.